The van der Waals surface area contributed by atoms with Gasteiger partial charge < -0.3 is 50.9 Å². The van der Waals surface area contributed by atoms with Crippen LogP contribution in [0.15, 0.2) is 0 Å². The number of nitrogens with one attached hydrogen (secondary N) is 5. The number of carbonyl (C=O) groups is 8. The first-order valence-electron chi connectivity index (χ1n) is 14.4. The summed E-state index contributed by atoms with van der Waals surface area (Å²) in [6.07, 6.45) is 1.34. The summed E-state index contributed by atoms with van der Waals surface area (Å²) in [7, 11) is 0. The molecule has 0 spiro atoms. The molecule has 6 N–H and O–H groups in total. The molecule has 16 heteroatoms. The summed E-state index contributed by atoms with van der Waals surface area (Å²) in [6, 6.07) is -2.29. The molecule has 0 aliphatic carbocycles. The monoisotopic (exact) mass is 626 g/mol. The summed E-state index contributed by atoms with van der Waals surface area (Å²) in [4.78, 5) is 97.2. The van der Waals surface area contributed by atoms with Gasteiger partial charge in [-0.2, -0.15) is 0 Å². The average molecular weight is 627 g/mol. The standard InChI is InChI=1S/C28H46N6O10/c1-18(37)23(25(42)31-15-20(38)29-10-13-36)33-21(39)16-30-24(41)19-7-6-11-34(19)22(40)17-32-26(43)27(2,3)9-14-44-28(4,5)8-12-35/h12-13,18-19,23,37H,6-11,14-17H2,1-5H3,(H,29,38)(H,30,41)(H,31,42)(H,32,43)(H,33,39). The molecule has 1 aliphatic rings. The molecule has 0 aromatic carbocycles. The fraction of sp³-hybridized carbons (Fsp3) is 0.714. The Morgan fingerprint density at radius 3 is 2.20 bits per heavy atom. The lowest BCUT2D eigenvalue weighted by Gasteiger charge is -2.28. The molecule has 16 nitrogen and oxygen atoms in total. The van der Waals surface area contributed by atoms with E-state index in [1.807, 2.05) is 0 Å². The predicted molar refractivity (Wildman–Crippen MR) is 156 cm³/mol. The van der Waals surface area contributed by atoms with Crippen LogP contribution in [0.3, 0.4) is 0 Å². The van der Waals surface area contributed by atoms with E-state index >= 15 is 0 Å². The zero-order chi connectivity index (χ0) is 33.5. The van der Waals surface area contributed by atoms with Crippen molar-refractivity contribution in [3.63, 3.8) is 0 Å². The molecule has 44 heavy (non-hydrogen) atoms. The molecule has 3 atom stereocenters. The molecule has 1 aliphatic heterocycles. The first kappa shape index (κ1) is 38.1. The number of aliphatic hydroxyl groups excluding tert-OH is 1. The number of rotatable bonds is 19. The summed E-state index contributed by atoms with van der Waals surface area (Å²) in [5.41, 5.74) is -1.52. The van der Waals surface area contributed by atoms with Crippen LogP contribution < -0.4 is 26.6 Å². The largest absolute Gasteiger partial charge is 0.391 e. The van der Waals surface area contributed by atoms with Crippen LogP contribution in [0.5, 0.6) is 0 Å². The lowest BCUT2D eigenvalue weighted by Crippen LogP contribution is -2.56. The van der Waals surface area contributed by atoms with E-state index in [2.05, 4.69) is 26.6 Å². The Kier molecular flexibility index (Phi) is 15.6. The van der Waals surface area contributed by atoms with Crippen LogP contribution in [0.1, 0.15) is 60.3 Å². The van der Waals surface area contributed by atoms with Crippen molar-refractivity contribution in [1.29, 1.82) is 0 Å². The normalized spacial score (nSPS) is 16.2. The van der Waals surface area contributed by atoms with Gasteiger partial charge in [0.2, 0.25) is 35.4 Å². The van der Waals surface area contributed by atoms with E-state index in [0.717, 1.165) is 6.29 Å². The van der Waals surface area contributed by atoms with Crippen LogP contribution in [0.2, 0.25) is 0 Å². The van der Waals surface area contributed by atoms with Crippen molar-refractivity contribution in [3.8, 4) is 0 Å². The molecule has 0 saturated carbocycles. The number of aldehydes is 2. The Morgan fingerprint density at radius 1 is 0.932 bits per heavy atom. The highest BCUT2D eigenvalue weighted by molar-refractivity contribution is 5.94. The maximum atomic E-state index is 12.9. The number of carbonyl (C=O) groups excluding carboxylic acids is 8. The molecule has 1 heterocycles. The van der Waals surface area contributed by atoms with Gasteiger partial charge in [-0.25, -0.2) is 0 Å². The van der Waals surface area contributed by atoms with Crippen LogP contribution in [0.25, 0.3) is 0 Å². The number of likely N-dealkylation sites (tertiary alicyclic amines) is 1. The van der Waals surface area contributed by atoms with Crippen LogP contribution in [-0.2, 0) is 43.1 Å². The number of hydrogen-bond acceptors (Lipinski definition) is 10. The molecule has 0 aromatic heterocycles. The SMILES string of the molecule is CC(O)C(NC(=O)CNC(=O)C1CCCN1C(=O)CNC(=O)C(C)(C)CCOC(C)(C)CC=O)C(=O)NCC(=O)NCC=O. The third kappa shape index (κ3) is 13.2. The summed E-state index contributed by atoms with van der Waals surface area (Å²) in [5.74, 6) is -3.74. The minimum Gasteiger partial charge on any atom is -0.391 e. The van der Waals surface area contributed by atoms with Crippen molar-refractivity contribution in [2.45, 2.75) is 84.1 Å². The van der Waals surface area contributed by atoms with E-state index < -0.39 is 71.8 Å². The first-order valence-corrected chi connectivity index (χ1v) is 14.4. The molecule has 3 unspecified atom stereocenters. The van der Waals surface area contributed by atoms with Crippen molar-refractivity contribution in [2.24, 2.45) is 5.41 Å². The highest BCUT2D eigenvalue weighted by Crippen LogP contribution is 2.23. The maximum Gasteiger partial charge on any atom is 0.245 e. The van der Waals surface area contributed by atoms with Gasteiger partial charge in [-0.15, -0.1) is 0 Å². The van der Waals surface area contributed by atoms with Crippen molar-refractivity contribution in [3.05, 3.63) is 0 Å². The van der Waals surface area contributed by atoms with Crippen molar-refractivity contribution in [1.82, 2.24) is 31.5 Å². The van der Waals surface area contributed by atoms with E-state index in [0.29, 0.717) is 25.5 Å². The third-order valence-corrected chi connectivity index (χ3v) is 7.00. The van der Waals surface area contributed by atoms with E-state index in [4.69, 9.17) is 4.74 Å². The van der Waals surface area contributed by atoms with Crippen LogP contribution in [0, 0.1) is 5.41 Å². The first-order chi connectivity index (χ1) is 20.5. The molecule has 6 amide bonds. The second-order valence-corrected chi connectivity index (χ2v) is 11.7. The molecular formula is C28H46N6O10. The van der Waals surface area contributed by atoms with Crippen LogP contribution in [0.4, 0.5) is 0 Å². The van der Waals surface area contributed by atoms with Crippen LogP contribution >= 0.6 is 0 Å². The van der Waals surface area contributed by atoms with Gasteiger partial charge in [-0.3, -0.25) is 28.8 Å². The molecule has 0 radical (unpaired) electrons. The molecule has 1 rings (SSSR count). The van der Waals surface area contributed by atoms with Crippen molar-refractivity contribution >= 4 is 48.0 Å². The summed E-state index contributed by atoms with van der Waals surface area (Å²) in [5, 5.41) is 21.7. The Morgan fingerprint density at radius 2 is 1.59 bits per heavy atom. The van der Waals surface area contributed by atoms with Crippen molar-refractivity contribution in [2.75, 3.05) is 39.3 Å². The second-order valence-electron chi connectivity index (χ2n) is 11.7. The van der Waals surface area contributed by atoms with E-state index in [1.54, 1.807) is 27.7 Å². The Labute approximate surface area is 256 Å². The molecular weight excluding hydrogens is 580 g/mol. The summed E-state index contributed by atoms with van der Waals surface area (Å²) in [6.45, 7) is 7.14. The fourth-order valence-corrected chi connectivity index (χ4v) is 4.20. The molecule has 0 bridgehead atoms. The summed E-state index contributed by atoms with van der Waals surface area (Å²) >= 11 is 0. The Balaban J connectivity index is 2.58. The smallest absolute Gasteiger partial charge is 0.245 e. The van der Waals surface area contributed by atoms with Crippen LogP contribution in [-0.4, -0.2) is 121 Å². The van der Waals surface area contributed by atoms with Gasteiger partial charge in [-0.05, 0) is 40.0 Å². The second kappa shape index (κ2) is 18.0. The van der Waals surface area contributed by atoms with E-state index in [1.165, 1.54) is 11.8 Å². The van der Waals surface area contributed by atoms with Gasteiger partial charge in [-0.1, -0.05) is 13.8 Å². The van der Waals surface area contributed by atoms with Gasteiger partial charge in [0.25, 0.3) is 0 Å². The fourth-order valence-electron chi connectivity index (χ4n) is 4.20. The number of hydrogen-bond donors (Lipinski definition) is 6. The quantitative estimate of drug-likeness (QED) is 0.0813. The Bertz CT molecular complexity index is 1060. The zero-order valence-corrected chi connectivity index (χ0v) is 26.0. The topological polar surface area (TPSA) is 229 Å². The molecule has 248 valence electrons. The maximum absolute atomic E-state index is 12.9. The van der Waals surface area contributed by atoms with E-state index in [9.17, 15) is 43.5 Å². The number of aliphatic hydroxyl groups is 1. The molecule has 1 fully saturated rings. The zero-order valence-electron chi connectivity index (χ0n) is 26.0. The number of nitrogens with zero attached hydrogens (tertiary/aromatic N) is 1. The lowest BCUT2D eigenvalue weighted by molar-refractivity contribution is -0.140. The van der Waals surface area contributed by atoms with Gasteiger partial charge in [0, 0.05) is 25.0 Å². The average Bonchev–Trinajstić information content (AvgIpc) is 3.44. The number of ether oxygens (including phenoxy) is 1. The minimum absolute atomic E-state index is 0.217. The highest BCUT2D eigenvalue weighted by atomic mass is 16.5. The minimum atomic E-state index is -1.43. The van der Waals surface area contributed by atoms with Gasteiger partial charge in [0.15, 0.2) is 0 Å². The third-order valence-electron chi connectivity index (χ3n) is 7.00. The van der Waals surface area contributed by atoms with Gasteiger partial charge >= 0.3 is 0 Å². The lowest BCUT2D eigenvalue weighted by atomic mass is 9.88. The van der Waals surface area contributed by atoms with E-state index in [-0.39, 0.29) is 38.6 Å². The van der Waals surface area contributed by atoms with Gasteiger partial charge in [0.1, 0.15) is 24.7 Å². The number of amides is 6. The predicted octanol–water partition coefficient (Wildman–Crippen LogP) is -2.69. The molecule has 0 aromatic rings. The van der Waals surface area contributed by atoms with Crippen molar-refractivity contribution < 1.29 is 48.2 Å². The molecule has 1 saturated heterocycles. The Hall–Kier alpha value is -3.92. The van der Waals surface area contributed by atoms with Gasteiger partial charge in [0.05, 0.1) is 37.9 Å². The highest BCUT2D eigenvalue weighted by Gasteiger charge is 2.35. The summed E-state index contributed by atoms with van der Waals surface area (Å²) < 4.78 is 5.70.